The van der Waals surface area contributed by atoms with E-state index in [4.69, 9.17) is 9.47 Å². The van der Waals surface area contributed by atoms with Gasteiger partial charge >= 0.3 is 0 Å². The van der Waals surface area contributed by atoms with Crippen LogP contribution in [0.3, 0.4) is 0 Å². The van der Waals surface area contributed by atoms with E-state index in [1.807, 2.05) is 78.9 Å². The second kappa shape index (κ2) is 6.68. The Hall–Kier alpha value is -2.94. The second-order valence-corrected chi connectivity index (χ2v) is 4.79. The summed E-state index contributed by atoms with van der Waals surface area (Å²) in [7, 11) is 1.66. The molecule has 0 aromatic heterocycles. The Kier molecular flexibility index (Phi) is 4.25. The first-order valence-corrected chi connectivity index (χ1v) is 7.07. The molecule has 3 heteroatoms. The molecule has 0 aliphatic carbocycles. The summed E-state index contributed by atoms with van der Waals surface area (Å²) in [5, 5.41) is 3.34. The van der Waals surface area contributed by atoms with Crippen molar-refractivity contribution in [3.05, 3.63) is 78.9 Å². The molecule has 0 saturated carbocycles. The average molecular weight is 291 g/mol. The van der Waals surface area contributed by atoms with Gasteiger partial charge in [0.25, 0.3) is 0 Å². The third-order valence-electron chi connectivity index (χ3n) is 3.21. The molecule has 0 amide bonds. The van der Waals surface area contributed by atoms with Gasteiger partial charge in [-0.2, -0.15) is 0 Å². The quantitative estimate of drug-likeness (QED) is 0.698. The Balaban J connectivity index is 1.66. The fraction of sp³-hybridized carbons (Fsp3) is 0.0526. The SMILES string of the molecule is COc1ccc(Nc2ccc(Oc3ccccc3)cc2)cc1. The molecule has 1 N–H and O–H groups in total. The summed E-state index contributed by atoms with van der Waals surface area (Å²) in [6.07, 6.45) is 0. The minimum Gasteiger partial charge on any atom is -0.497 e. The van der Waals surface area contributed by atoms with E-state index >= 15 is 0 Å². The number of hydrogen-bond donors (Lipinski definition) is 1. The second-order valence-electron chi connectivity index (χ2n) is 4.79. The number of benzene rings is 3. The molecule has 3 aromatic rings. The molecule has 0 radical (unpaired) electrons. The van der Waals surface area contributed by atoms with Gasteiger partial charge in [-0.05, 0) is 60.7 Å². The van der Waals surface area contributed by atoms with Gasteiger partial charge in [0.1, 0.15) is 17.2 Å². The molecule has 0 aliphatic heterocycles. The van der Waals surface area contributed by atoms with Gasteiger partial charge in [-0.1, -0.05) is 18.2 Å². The van der Waals surface area contributed by atoms with E-state index in [-0.39, 0.29) is 0 Å². The summed E-state index contributed by atoms with van der Waals surface area (Å²) >= 11 is 0. The molecule has 0 fully saturated rings. The van der Waals surface area contributed by atoms with Crippen molar-refractivity contribution in [3.63, 3.8) is 0 Å². The van der Waals surface area contributed by atoms with Gasteiger partial charge in [0.2, 0.25) is 0 Å². The van der Waals surface area contributed by atoms with Crippen LogP contribution in [-0.4, -0.2) is 7.11 Å². The van der Waals surface area contributed by atoms with Crippen molar-refractivity contribution >= 4 is 11.4 Å². The number of ether oxygens (including phenoxy) is 2. The van der Waals surface area contributed by atoms with Crippen LogP contribution in [0.25, 0.3) is 0 Å². The number of methoxy groups -OCH3 is 1. The zero-order valence-electron chi connectivity index (χ0n) is 12.3. The summed E-state index contributed by atoms with van der Waals surface area (Å²) in [6, 6.07) is 25.4. The fourth-order valence-electron chi connectivity index (χ4n) is 2.07. The highest BCUT2D eigenvalue weighted by atomic mass is 16.5. The maximum Gasteiger partial charge on any atom is 0.127 e. The van der Waals surface area contributed by atoms with Crippen molar-refractivity contribution < 1.29 is 9.47 Å². The monoisotopic (exact) mass is 291 g/mol. The molecule has 3 nitrogen and oxygen atoms in total. The van der Waals surface area contributed by atoms with E-state index in [0.29, 0.717) is 0 Å². The van der Waals surface area contributed by atoms with E-state index in [2.05, 4.69) is 5.32 Å². The van der Waals surface area contributed by atoms with Gasteiger partial charge in [-0.3, -0.25) is 0 Å². The van der Waals surface area contributed by atoms with Crippen molar-refractivity contribution in [1.82, 2.24) is 0 Å². The molecular weight excluding hydrogens is 274 g/mol. The number of hydrogen-bond acceptors (Lipinski definition) is 3. The number of anilines is 2. The molecule has 0 spiro atoms. The lowest BCUT2D eigenvalue weighted by atomic mass is 10.2. The molecule has 110 valence electrons. The maximum atomic E-state index is 5.77. The zero-order chi connectivity index (χ0) is 15.2. The van der Waals surface area contributed by atoms with Crippen LogP contribution < -0.4 is 14.8 Å². The third kappa shape index (κ3) is 3.58. The lowest BCUT2D eigenvalue weighted by molar-refractivity contribution is 0.415. The first-order valence-electron chi connectivity index (χ1n) is 7.07. The average Bonchev–Trinajstić information content (AvgIpc) is 2.58. The van der Waals surface area contributed by atoms with Crippen LogP contribution in [0.4, 0.5) is 11.4 Å². The lowest BCUT2D eigenvalue weighted by Gasteiger charge is -2.09. The standard InChI is InChI=1S/C19H17NO2/c1-21-17-11-7-15(8-12-17)20-16-9-13-19(14-10-16)22-18-5-3-2-4-6-18/h2-14,20H,1H3. The summed E-state index contributed by atoms with van der Waals surface area (Å²) in [5.74, 6) is 2.49. The minimum atomic E-state index is 0.812. The van der Waals surface area contributed by atoms with Gasteiger partial charge in [0, 0.05) is 11.4 Å². The van der Waals surface area contributed by atoms with E-state index in [1.165, 1.54) is 0 Å². The predicted molar refractivity (Wildman–Crippen MR) is 89.2 cm³/mol. The van der Waals surface area contributed by atoms with Gasteiger partial charge < -0.3 is 14.8 Å². The number of rotatable bonds is 5. The van der Waals surface area contributed by atoms with Crippen LogP contribution in [0.5, 0.6) is 17.2 Å². The van der Waals surface area contributed by atoms with Gasteiger partial charge in [0.05, 0.1) is 7.11 Å². The highest BCUT2D eigenvalue weighted by Crippen LogP contribution is 2.25. The highest BCUT2D eigenvalue weighted by Gasteiger charge is 1.99. The molecule has 3 aromatic carbocycles. The maximum absolute atomic E-state index is 5.77. The fourth-order valence-corrected chi connectivity index (χ4v) is 2.07. The third-order valence-corrected chi connectivity index (χ3v) is 3.21. The largest absolute Gasteiger partial charge is 0.497 e. The van der Waals surface area contributed by atoms with Crippen molar-refractivity contribution in [2.24, 2.45) is 0 Å². The molecule has 0 heterocycles. The molecule has 0 unspecified atom stereocenters. The highest BCUT2D eigenvalue weighted by molar-refractivity contribution is 5.61. The van der Waals surface area contributed by atoms with Crippen molar-refractivity contribution in [2.75, 3.05) is 12.4 Å². The number of para-hydroxylation sites is 1. The topological polar surface area (TPSA) is 30.5 Å². The smallest absolute Gasteiger partial charge is 0.127 e. The van der Waals surface area contributed by atoms with Crippen molar-refractivity contribution in [3.8, 4) is 17.2 Å². The molecule has 0 saturated heterocycles. The number of nitrogens with one attached hydrogen (secondary N) is 1. The molecule has 0 bridgehead atoms. The van der Waals surface area contributed by atoms with Crippen molar-refractivity contribution in [1.29, 1.82) is 0 Å². The van der Waals surface area contributed by atoms with Gasteiger partial charge in [0.15, 0.2) is 0 Å². The Morgan fingerprint density at radius 2 is 1.09 bits per heavy atom. The first kappa shape index (κ1) is 14.0. The Morgan fingerprint density at radius 3 is 1.64 bits per heavy atom. The first-order chi connectivity index (χ1) is 10.8. The van der Waals surface area contributed by atoms with E-state index in [0.717, 1.165) is 28.6 Å². The van der Waals surface area contributed by atoms with Gasteiger partial charge in [-0.25, -0.2) is 0 Å². The minimum absolute atomic E-state index is 0.812. The van der Waals surface area contributed by atoms with Crippen LogP contribution in [0.1, 0.15) is 0 Å². The summed E-state index contributed by atoms with van der Waals surface area (Å²) in [5.41, 5.74) is 2.02. The van der Waals surface area contributed by atoms with Crippen LogP contribution in [0, 0.1) is 0 Å². The molecular formula is C19H17NO2. The van der Waals surface area contributed by atoms with E-state index in [9.17, 15) is 0 Å². The zero-order valence-corrected chi connectivity index (χ0v) is 12.3. The van der Waals surface area contributed by atoms with E-state index < -0.39 is 0 Å². The van der Waals surface area contributed by atoms with Crippen LogP contribution in [0.2, 0.25) is 0 Å². The van der Waals surface area contributed by atoms with E-state index in [1.54, 1.807) is 7.11 Å². The normalized spacial score (nSPS) is 10.0. The molecule has 0 atom stereocenters. The van der Waals surface area contributed by atoms with Crippen LogP contribution >= 0.6 is 0 Å². The predicted octanol–water partition coefficient (Wildman–Crippen LogP) is 5.23. The van der Waals surface area contributed by atoms with Gasteiger partial charge in [-0.15, -0.1) is 0 Å². The Morgan fingerprint density at radius 1 is 0.591 bits per heavy atom. The Bertz CT molecular complexity index is 707. The summed E-state index contributed by atoms with van der Waals surface area (Å²) < 4.78 is 10.9. The molecule has 22 heavy (non-hydrogen) atoms. The molecule has 0 aliphatic rings. The molecule has 3 rings (SSSR count). The lowest BCUT2D eigenvalue weighted by Crippen LogP contribution is -1.91. The summed E-state index contributed by atoms with van der Waals surface area (Å²) in [4.78, 5) is 0. The van der Waals surface area contributed by atoms with Crippen molar-refractivity contribution in [2.45, 2.75) is 0 Å². The van der Waals surface area contributed by atoms with Crippen LogP contribution in [0.15, 0.2) is 78.9 Å². The summed E-state index contributed by atoms with van der Waals surface area (Å²) in [6.45, 7) is 0. The van der Waals surface area contributed by atoms with Crippen LogP contribution in [-0.2, 0) is 0 Å². The Labute approximate surface area is 130 Å².